The summed E-state index contributed by atoms with van der Waals surface area (Å²) in [5.41, 5.74) is 1.86. The van der Waals surface area contributed by atoms with Crippen LogP contribution in [-0.2, 0) is 4.79 Å². The van der Waals surface area contributed by atoms with Crippen molar-refractivity contribution in [2.45, 2.75) is 25.2 Å². The molecule has 1 aromatic rings. The Hall–Kier alpha value is -1.77. The SMILES string of the molecule is C=C1CC(c2ccc(OC)cc2OC)CCC1=O. The highest BCUT2D eigenvalue weighted by Gasteiger charge is 2.25. The van der Waals surface area contributed by atoms with Crippen LogP contribution in [0.25, 0.3) is 0 Å². The topological polar surface area (TPSA) is 35.5 Å². The molecule has 18 heavy (non-hydrogen) atoms. The minimum atomic E-state index is 0.193. The first kappa shape index (κ1) is 12.7. The van der Waals surface area contributed by atoms with E-state index in [1.54, 1.807) is 14.2 Å². The number of hydrogen-bond donors (Lipinski definition) is 0. The Balaban J connectivity index is 2.27. The van der Waals surface area contributed by atoms with Gasteiger partial charge in [0, 0.05) is 12.5 Å². The molecule has 0 spiro atoms. The summed E-state index contributed by atoms with van der Waals surface area (Å²) in [5.74, 6) is 2.11. The Bertz CT molecular complexity index is 477. The van der Waals surface area contributed by atoms with E-state index in [-0.39, 0.29) is 5.78 Å². The smallest absolute Gasteiger partial charge is 0.158 e. The summed E-state index contributed by atoms with van der Waals surface area (Å²) < 4.78 is 10.6. The predicted molar refractivity (Wildman–Crippen MR) is 70.3 cm³/mol. The average Bonchev–Trinajstić information content (AvgIpc) is 2.41. The summed E-state index contributed by atoms with van der Waals surface area (Å²) in [5, 5.41) is 0. The molecule has 1 aromatic carbocycles. The normalized spacial score (nSPS) is 19.8. The van der Waals surface area contributed by atoms with Crippen LogP contribution >= 0.6 is 0 Å². The van der Waals surface area contributed by atoms with Crippen molar-refractivity contribution in [2.75, 3.05) is 14.2 Å². The molecule has 2 rings (SSSR count). The Morgan fingerprint density at radius 3 is 2.67 bits per heavy atom. The van der Waals surface area contributed by atoms with Gasteiger partial charge < -0.3 is 9.47 Å². The Kier molecular flexibility index (Phi) is 3.70. The third-order valence-electron chi connectivity index (χ3n) is 3.49. The van der Waals surface area contributed by atoms with Crippen LogP contribution in [0.1, 0.15) is 30.7 Å². The third-order valence-corrected chi connectivity index (χ3v) is 3.49. The number of carbonyl (C=O) groups excluding carboxylic acids is 1. The number of rotatable bonds is 3. The van der Waals surface area contributed by atoms with Gasteiger partial charge in [0.25, 0.3) is 0 Å². The van der Waals surface area contributed by atoms with Gasteiger partial charge in [-0.05, 0) is 36.0 Å². The molecule has 1 fully saturated rings. The highest BCUT2D eigenvalue weighted by Crippen LogP contribution is 2.39. The second-order valence-electron chi connectivity index (χ2n) is 4.57. The molecule has 0 aliphatic heterocycles. The molecule has 0 N–H and O–H groups in total. The fourth-order valence-corrected chi connectivity index (χ4v) is 2.42. The summed E-state index contributed by atoms with van der Waals surface area (Å²) in [7, 11) is 3.29. The highest BCUT2D eigenvalue weighted by atomic mass is 16.5. The van der Waals surface area contributed by atoms with E-state index < -0.39 is 0 Å². The molecule has 1 aliphatic rings. The van der Waals surface area contributed by atoms with Gasteiger partial charge in [0.05, 0.1) is 14.2 Å². The summed E-state index contributed by atoms with van der Waals surface area (Å²) in [6, 6.07) is 5.83. The minimum Gasteiger partial charge on any atom is -0.497 e. The second-order valence-corrected chi connectivity index (χ2v) is 4.57. The van der Waals surface area contributed by atoms with Crippen molar-refractivity contribution < 1.29 is 14.3 Å². The Morgan fingerprint density at radius 1 is 1.28 bits per heavy atom. The quantitative estimate of drug-likeness (QED) is 0.769. The molecule has 0 aromatic heterocycles. The summed E-state index contributed by atoms with van der Waals surface area (Å²) in [4.78, 5) is 11.5. The average molecular weight is 246 g/mol. The molecule has 96 valence electrons. The molecule has 3 nitrogen and oxygen atoms in total. The molecule has 1 aliphatic carbocycles. The molecular weight excluding hydrogens is 228 g/mol. The number of carbonyl (C=O) groups is 1. The van der Waals surface area contributed by atoms with Crippen LogP contribution in [-0.4, -0.2) is 20.0 Å². The van der Waals surface area contributed by atoms with Gasteiger partial charge >= 0.3 is 0 Å². The lowest BCUT2D eigenvalue weighted by Gasteiger charge is -2.24. The van der Waals surface area contributed by atoms with Gasteiger partial charge in [0.15, 0.2) is 5.78 Å². The molecule has 1 unspecified atom stereocenters. The van der Waals surface area contributed by atoms with Crippen LogP contribution in [0.5, 0.6) is 11.5 Å². The first-order valence-electron chi connectivity index (χ1n) is 6.08. The largest absolute Gasteiger partial charge is 0.497 e. The minimum absolute atomic E-state index is 0.193. The van der Waals surface area contributed by atoms with Gasteiger partial charge in [-0.25, -0.2) is 0 Å². The number of allylic oxidation sites excluding steroid dienone is 1. The highest BCUT2D eigenvalue weighted by molar-refractivity contribution is 5.95. The van der Waals surface area contributed by atoms with E-state index in [0.717, 1.165) is 35.5 Å². The van der Waals surface area contributed by atoms with E-state index >= 15 is 0 Å². The van der Waals surface area contributed by atoms with Crippen LogP contribution in [0.3, 0.4) is 0 Å². The lowest BCUT2D eigenvalue weighted by atomic mass is 9.81. The molecule has 1 saturated carbocycles. The van der Waals surface area contributed by atoms with E-state index in [0.29, 0.717) is 12.3 Å². The summed E-state index contributed by atoms with van der Waals surface area (Å²) >= 11 is 0. The second kappa shape index (κ2) is 5.25. The molecule has 1 atom stereocenters. The van der Waals surface area contributed by atoms with E-state index in [1.165, 1.54) is 0 Å². The van der Waals surface area contributed by atoms with Gasteiger partial charge in [-0.2, -0.15) is 0 Å². The number of methoxy groups -OCH3 is 2. The van der Waals surface area contributed by atoms with Gasteiger partial charge in [-0.1, -0.05) is 12.6 Å². The van der Waals surface area contributed by atoms with Crippen molar-refractivity contribution >= 4 is 5.78 Å². The van der Waals surface area contributed by atoms with Crippen molar-refractivity contribution in [3.05, 3.63) is 35.9 Å². The fraction of sp³-hybridized carbons (Fsp3) is 0.400. The Morgan fingerprint density at radius 2 is 2.06 bits per heavy atom. The number of hydrogen-bond acceptors (Lipinski definition) is 3. The van der Waals surface area contributed by atoms with Gasteiger partial charge in [0.2, 0.25) is 0 Å². The zero-order valence-corrected chi connectivity index (χ0v) is 10.9. The monoisotopic (exact) mass is 246 g/mol. The molecule has 0 bridgehead atoms. The lowest BCUT2D eigenvalue weighted by molar-refractivity contribution is -0.116. The molecule has 0 radical (unpaired) electrons. The first-order valence-corrected chi connectivity index (χ1v) is 6.08. The predicted octanol–water partition coefficient (Wildman–Crippen LogP) is 3.10. The van der Waals surface area contributed by atoms with E-state index in [2.05, 4.69) is 6.58 Å². The maximum Gasteiger partial charge on any atom is 0.158 e. The van der Waals surface area contributed by atoms with Gasteiger partial charge in [-0.15, -0.1) is 0 Å². The lowest BCUT2D eigenvalue weighted by Crippen LogP contribution is -2.15. The molecule has 0 amide bonds. The first-order chi connectivity index (χ1) is 8.65. The van der Waals surface area contributed by atoms with Gasteiger partial charge in [0.1, 0.15) is 11.5 Å². The number of ketones is 1. The molecular formula is C15H18O3. The third kappa shape index (κ3) is 2.40. The van der Waals surface area contributed by atoms with E-state index in [4.69, 9.17) is 9.47 Å². The van der Waals surface area contributed by atoms with Crippen molar-refractivity contribution in [2.24, 2.45) is 0 Å². The standard InChI is InChI=1S/C15H18O3/c1-10-8-11(4-7-14(10)16)13-6-5-12(17-2)9-15(13)18-3/h5-6,9,11H,1,4,7-8H2,2-3H3. The number of benzene rings is 1. The van der Waals surface area contributed by atoms with Crippen LogP contribution in [0.4, 0.5) is 0 Å². The Labute approximate surface area is 107 Å². The zero-order valence-electron chi connectivity index (χ0n) is 10.9. The van der Waals surface area contributed by atoms with Gasteiger partial charge in [-0.3, -0.25) is 4.79 Å². The van der Waals surface area contributed by atoms with Crippen LogP contribution in [0, 0.1) is 0 Å². The van der Waals surface area contributed by atoms with Crippen molar-refractivity contribution in [1.82, 2.24) is 0 Å². The molecule has 0 saturated heterocycles. The van der Waals surface area contributed by atoms with Crippen LogP contribution in [0.2, 0.25) is 0 Å². The molecule has 3 heteroatoms. The van der Waals surface area contributed by atoms with Crippen molar-refractivity contribution in [1.29, 1.82) is 0 Å². The summed E-state index contributed by atoms with van der Waals surface area (Å²) in [6.45, 7) is 3.85. The fourth-order valence-electron chi connectivity index (χ4n) is 2.42. The van der Waals surface area contributed by atoms with Crippen molar-refractivity contribution in [3.8, 4) is 11.5 Å². The van der Waals surface area contributed by atoms with E-state index in [9.17, 15) is 4.79 Å². The zero-order chi connectivity index (χ0) is 13.1. The molecule has 0 heterocycles. The maximum absolute atomic E-state index is 11.5. The van der Waals surface area contributed by atoms with E-state index in [1.807, 2.05) is 18.2 Å². The van der Waals surface area contributed by atoms with Crippen molar-refractivity contribution in [3.63, 3.8) is 0 Å². The maximum atomic E-state index is 11.5. The number of Topliss-reactive ketones (excluding diaryl/α,β-unsaturated/α-hetero) is 1. The number of ether oxygens (including phenoxy) is 2. The van der Waals surface area contributed by atoms with Crippen LogP contribution < -0.4 is 9.47 Å². The summed E-state index contributed by atoms with van der Waals surface area (Å²) in [6.07, 6.45) is 2.17. The van der Waals surface area contributed by atoms with Crippen LogP contribution in [0.15, 0.2) is 30.4 Å².